The fraction of sp³-hybridized carbons (Fsp3) is 0.692. The molecule has 2 rings (SSSR count). The van der Waals surface area contributed by atoms with E-state index in [1.807, 2.05) is 0 Å². The Morgan fingerprint density at radius 3 is 2.84 bits per heavy atom. The Hall–Kier alpha value is -1.72. The van der Waals surface area contributed by atoms with Gasteiger partial charge in [-0.3, -0.25) is 0 Å². The van der Waals surface area contributed by atoms with Crippen molar-refractivity contribution in [1.29, 1.82) is 0 Å². The van der Waals surface area contributed by atoms with E-state index in [0.29, 0.717) is 23.1 Å². The van der Waals surface area contributed by atoms with E-state index in [4.69, 9.17) is 10.5 Å². The Labute approximate surface area is 113 Å². The van der Waals surface area contributed by atoms with Gasteiger partial charge in [0.25, 0.3) is 0 Å². The maximum Gasteiger partial charge on any atom is 0.345 e. The van der Waals surface area contributed by atoms with Crippen LogP contribution in [-0.2, 0) is 4.74 Å². The first-order chi connectivity index (χ1) is 9.10. The van der Waals surface area contributed by atoms with Crippen LogP contribution in [0.3, 0.4) is 0 Å². The van der Waals surface area contributed by atoms with Gasteiger partial charge in [0.1, 0.15) is 11.4 Å². The van der Waals surface area contributed by atoms with Crippen molar-refractivity contribution in [3.8, 4) is 0 Å². The minimum atomic E-state index is -0.439. The summed E-state index contributed by atoms with van der Waals surface area (Å²) >= 11 is 0. The first-order valence-electron chi connectivity index (χ1n) is 6.80. The molecule has 6 nitrogen and oxygen atoms in total. The second-order valence-corrected chi connectivity index (χ2v) is 5.05. The van der Waals surface area contributed by atoms with E-state index in [2.05, 4.69) is 24.3 Å². The lowest BCUT2D eigenvalue weighted by atomic mass is 10.2. The second-order valence-electron chi connectivity index (χ2n) is 5.05. The van der Waals surface area contributed by atoms with Gasteiger partial charge in [-0.25, -0.2) is 9.48 Å². The third-order valence-electron chi connectivity index (χ3n) is 3.57. The Bertz CT molecular complexity index is 465. The molecule has 1 atom stereocenters. The van der Waals surface area contributed by atoms with Crippen LogP contribution in [-0.4, -0.2) is 29.4 Å². The molecule has 1 aromatic rings. The van der Waals surface area contributed by atoms with Crippen LogP contribution in [0.4, 0.5) is 11.6 Å². The lowest BCUT2D eigenvalue weighted by Gasteiger charge is -2.12. The van der Waals surface area contributed by atoms with E-state index in [-0.39, 0.29) is 6.04 Å². The number of hydrogen-bond acceptors (Lipinski definition) is 5. The van der Waals surface area contributed by atoms with Crippen LogP contribution >= 0.6 is 0 Å². The molecule has 0 radical (unpaired) electrons. The van der Waals surface area contributed by atoms with Gasteiger partial charge in [-0.2, -0.15) is 5.10 Å². The molecule has 1 fully saturated rings. The third kappa shape index (κ3) is 2.67. The Morgan fingerprint density at radius 2 is 2.32 bits per heavy atom. The monoisotopic (exact) mass is 266 g/mol. The summed E-state index contributed by atoms with van der Waals surface area (Å²) in [6.07, 6.45) is 3.35. The number of anilines is 2. The fourth-order valence-corrected chi connectivity index (χ4v) is 2.21. The predicted molar refractivity (Wildman–Crippen MR) is 74.2 cm³/mol. The lowest BCUT2D eigenvalue weighted by molar-refractivity contribution is 0.0603. The topological polar surface area (TPSA) is 82.2 Å². The number of aromatic nitrogens is 2. The SMILES string of the molecule is CCCNc1nn(C(C)C2CC2)c(N)c1C(=O)OC. The maximum absolute atomic E-state index is 11.8. The van der Waals surface area contributed by atoms with E-state index in [1.54, 1.807) is 4.68 Å². The molecular formula is C13H22N4O2. The van der Waals surface area contributed by atoms with Crippen molar-refractivity contribution in [2.45, 2.75) is 39.2 Å². The Kier molecular flexibility index (Phi) is 3.97. The van der Waals surface area contributed by atoms with Gasteiger partial charge in [0.15, 0.2) is 5.82 Å². The van der Waals surface area contributed by atoms with Crippen LogP contribution in [0.2, 0.25) is 0 Å². The molecule has 6 heteroatoms. The average Bonchev–Trinajstić information content (AvgIpc) is 3.20. The molecule has 106 valence electrons. The van der Waals surface area contributed by atoms with Gasteiger partial charge in [0.05, 0.1) is 13.2 Å². The van der Waals surface area contributed by atoms with Crippen molar-refractivity contribution in [2.24, 2.45) is 5.92 Å². The summed E-state index contributed by atoms with van der Waals surface area (Å²) in [4.78, 5) is 11.8. The van der Waals surface area contributed by atoms with E-state index in [0.717, 1.165) is 13.0 Å². The van der Waals surface area contributed by atoms with Gasteiger partial charge >= 0.3 is 5.97 Å². The Balaban J connectivity index is 2.34. The zero-order valence-corrected chi connectivity index (χ0v) is 11.8. The van der Waals surface area contributed by atoms with Gasteiger partial charge in [-0.1, -0.05) is 6.92 Å². The largest absolute Gasteiger partial charge is 0.465 e. The summed E-state index contributed by atoms with van der Waals surface area (Å²) in [5, 5.41) is 7.60. The Morgan fingerprint density at radius 1 is 1.63 bits per heavy atom. The van der Waals surface area contributed by atoms with Crippen LogP contribution in [0, 0.1) is 5.92 Å². The molecule has 0 spiro atoms. The zero-order chi connectivity index (χ0) is 14.0. The predicted octanol–water partition coefficient (Wildman–Crippen LogP) is 2.04. The number of carbonyl (C=O) groups excluding carboxylic acids is 1. The maximum atomic E-state index is 11.8. The first kappa shape index (κ1) is 13.7. The molecule has 0 saturated heterocycles. The van der Waals surface area contributed by atoms with Crippen LogP contribution in [0.5, 0.6) is 0 Å². The molecule has 0 amide bonds. The van der Waals surface area contributed by atoms with Gasteiger partial charge in [0, 0.05) is 6.54 Å². The van der Waals surface area contributed by atoms with Gasteiger partial charge < -0.3 is 15.8 Å². The summed E-state index contributed by atoms with van der Waals surface area (Å²) in [5.74, 6) is 1.10. The van der Waals surface area contributed by atoms with E-state index in [9.17, 15) is 4.79 Å². The number of rotatable bonds is 6. The van der Waals surface area contributed by atoms with E-state index < -0.39 is 5.97 Å². The zero-order valence-electron chi connectivity index (χ0n) is 11.8. The minimum absolute atomic E-state index is 0.223. The third-order valence-corrected chi connectivity index (χ3v) is 3.57. The molecule has 19 heavy (non-hydrogen) atoms. The number of hydrogen-bond donors (Lipinski definition) is 2. The standard InChI is InChI=1S/C13H22N4O2/c1-4-7-15-12-10(13(18)19-3)11(14)17(16-12)8(2)9-5-6-9/h8-9H,4-7,14H2,1-3H3,(H,15,16). The number of ether oxygens (including phenoxy) is 1. The molecule has 1 aromatic heterocycles. The quantitative estimate of drug-likeness (QED) is 0.770. The summed E-state index contributed by atoms with van der Waals surface area (Å²) in [7, 11) is 1.35. The minimum Gasteiger partial charge on any atom is -0.465 e. The molecule has 1 unspecified atom stereocenters. The van der Waals surface area contributed by atoms with Gasteiger partial charge in [-0.15, -0.1) is 0 Å². The van der Waals surface area contributed by atoms with Crippen LogP contribution in [0.25, 0.3) is 0 Å². The van der Waals surface area contributed by atoms with Crippen molar-refractivity contribution >= 4 is 17.6 Å². The summed E-state index contributed by atoms with van der Waals surface area (Å²) < 4.78 is 6.55. The molecule has 0 bridgehead atoms. The van der Waals surface area contributed by atoms with Crippen molar-refractivity contribution < 1.29 is 9.53 Å². The van der Waals surface area contributed by atoms with Crippen molar-refractivity contribution in [1.82, 2.24) is 9.78 Å². The molecule has 3 N–H and O–H groups in total. The summed E-state index contributed by atoms with van der Waals surface area (Å²) in [5.41, 5.74) is 6.43. The molecule has 1 aliphatic rings. The van der Waals surface area contributed by atoms with Gasteiger partial charge in [0.2, 0.25) is 0 Å². The average molecular weight is 266 g/mol. The smallest absolute Gasteiger partial charge is 0.345 e. The van der Waals surface area contributed by atoms with Crippen LogP contribution < -0.4 is 11.1 Å². The number of esters is 1. The summed E-state index contributed by atoms with van der Waals surface area (Å²) in [6.45, 7) is 4.89. The lowest BCUT2D eigenvalue weighted by Crippen LogP contribution is -2.13. The molecule has 1 heterocycles. The van der Waals surface area contributed by atoms with Gasteiger partial charge in [-0.05, 0) is 32.1 Å². The van der Waals surface area contributed by atoms with E-state index >= 15 is 0 Å². The van der Waals surface area contributed by atoms with Crippen molar-refractivity contribution in [3.63, 3.8) is 0 Å². The highest BCUT2D eigenvalue weighted by atomic mass is 16.5. The highest BCUT2D eigenvalue weighted by Gasteiger charge is 2.33. The molecule has 1 saturated carbocycles. The van der Waals surface area contributed by atoms with E-state index in [1.165, 1.54) is 20.0 Å². The normalized spacial score (nSPS) is 16.2. The number of carbonyl (C=O) groups is 1. The molecular weight excluding hydrogens is 244 g/mol. The number of methoxy groups -OCH3 is 1. The first-order valence-corrected chi connectivity index (χ1v) is 6.80. The number of nitrogen functional groups attached to an aromatic ring is 1. The highest BCUT2D eigenvalue weighted by molar-refractivity contribution is 5.99. The number of nitrogens with zero attached hydrogens (tertiary/aromatic N) is 2. The number of nitrogens with two attached hydrogens (primary N) is 1. The summed E-state index contributed by atoms with van der Waals surface area (Å²) in [6, 6.07) is 0.223. The van der Waals surface area contributed by atoms with Crippen LogP contribution in [0.15, 0.2) is 0 Å². The van der Waals surface area contributed by atoms with Crippen molar-refractivity contribution in [2.75, 3.05) is 24.7 Å². The molecule has 0 aromatic carbocycles. The van der Waals surface area contributed by atoms with Crippen LogP contribution in [0.1, 0.15) is 49.5 Å². The van der Waals surface area contributed by atoms with Crippen molar-refractivity contribution in [3.05, 3.63) is 5.56 Å². The number of nitrogens with one attached hydrogen (secondary N) is 1. The fourth-order valence-electron chi connectivity index (χ4n) is 2.21. The highest BCUT2D eigenvalue weighted by Crippen LogP contribution is 2.41. The molecule has 0 aliphatic heterocycles. The molecule has 1 aliphatic carbocycles. The second kappa shape index (κ2) is 5.50.